The van der Waals surface area contributed by atoms with Crippen molar-refractivity contribution in [1.29, 1.82) is 0 Å². The summed E-state index contributed by atoms with van der Waals surface area (Å²) in [6.07, 6.45) is 8.83. The van der Waals surface area contributed by atoms with Crippen molar-refractivity contribution in [2.24, 2.45) is 11.7 Å². The molecule has 0 radical (unpaired) electrons. The highest BCUT2D eigenvalue weighted by atomic mass is 32.2. The van der Waals surface area contributed by atoms with Gasteiger partial charge in [-0.15, -0.1) is 0 Å². The van der Waals surface area contributed by atoms with E-state index in [1.165, 1.54) is 4.90 Å². The molecule has 3 N–H and O–H groups in total. The van der Waals surface area contributed by atoms with Gasteiger partial charge >= 0.3 is 0 Å². The highest BCUT2D eigenvalue weighted by molar-refractivity contribution is 7.98. The molecule has 4 rings (SSSR count). The first-order valence-corrected chi connectivity index (χ1v) is 13.1. The Balaban J connectivity index is 1.65. The van der Waals surface area contributed by atoms with Crippen molar-refractivity contribution in [1.82, 2.24) is 10.2 Å². The predicted octanol–water partition coefficient (Wildman–Crippen LogP) is 3.12. The van der Waals surface area contributed by atoms with E-state index < -0.39 is 17.2 Å². The number of amides is 4. The van der Waals surface area contributed by atoms with Crippen LogP contribution in [0.4, 0.5) is 0 Å². The average Bonchev–Trinajstić information content (AvgIpc) is 3.09. The van der Waals surface area contributed by atoms with E-state index in [1.807, 2.05) is 26.2 Å². The van der Waals surface area contributed by atoms with Crippen molar-refractivity contribution in [2.45, 2.75) is 31.8 Å². The normalized spacial score (nSPS) is 21.4. The van der Waals surface area contributed by atoms with Crippen LogP contribution < -0.4 is 11.1 Å². The molecule has 1 heterocycles. The van der Waals surface area contributed by atoms with E-state index in [0.29, 0.717) is 16.7 Å². The van der Waals surface area contributed by atoms with Crippen LogP contribution in [0.2, 0.25) is 0 Å². The molecule has 3 atom stereocenters. The Labute approximate surface area is 214 Å². The maximum Gasteiger partial charge on any atom is 0.261 e. The highest BCUT2D eigenvalue weighted by Gasteiger charge is 2.48. The van der Waals surface area contributed by atoms with Gasteiger partial charge in [-0.05, 0) is 48.9 Å². The second-order valence-corrected chi connectivity index (χ2v) is 10.1. The molecule has 1 aliphatic carbocycles. The second kappa shape index (κ2) is 10.1. The van der Waals surface area contributed by atoms with Crippen LogP contribution in [0, 0.1) is 12.8 Å². The van der Waals surface area contributed by atoms with Crippen LogP contribution in [-0.4, -0.2) is 46.6 Å². The molecule has 1 aliphatic heterocycles. The summed E-state index contributed by atoms with van der Waals surface area (Å²) in [7, 11) is 0. The van der Waals surface area contributed by atoms with Gasteiger partial charge in [0.2, 0.25) is 11.8 Å². The number of carbonyl (C=O) groups excluding carboxylic acids is 4. The first kappa shape index (κ1) is 25.4. The Bertz CT molecular complexity index is 1270. The zero-order valence-corrected chi connectivity index (χ0v) is 21.3. The summed E-state index contributed by atoms with van der Waals surface area (Å²) >= 11 is 1.62. The molecule has 0 bridgehead atoms. The molecule has 0 fully saturated rings. The summed E-state index contributed by atoms with van der Waals surface area (Å²) in [5, 5.41) is 2.99. The SMILES string of the molecule is CSC[C@H](C)NC(=O)C1C=CC=CC1(C(N)=O)c1ccc(CN2C(=O)c3ccccc3C2=O)cc1C. The minimum atomic E-state index is -1.37. The molecule has 2 aromatic carbocycles. The van der Waals surface area contributed by atoms with E-state index >= 15 is 0 Å². The number of aryl methyl sites for hydroxylation is 1. The van der Waals surface area contributed by atoms with Crippen LogP contribution in [0.1, 0.15) is 44.3 Å². The third-order valence-corrected chi connectivity index (χ3v) is 7.55. The molecule has 0 saturated heterocycles. The van der Waals surface area contributed by atoms with Crippen molar-refractivity contribution >= 4 is 35.4 Å². The number of nitrogens with two attached hydrogens (primary N) is 1. The van der Waals surface area contributed by atoms with E-state index in [-0.39, 0.29) is 30.3 Å². The molecule has 186 valence electrons. The van der Waals surface area contributed by atoms with Crippen molar-refractivity contribution in [3.63, 3.8) is 0 Å². The van der Waals surface area contributed by atoms with Crippen LogP contribution >= 0.6 is 11.8 Å². The topological polar surface area (TPSA) is 110 Å². The van der Waals surface area contributed by atoms with Crippen molar-refractivity contribution in [3.8, 4) is 0 Å². The van der Waals surface area contributed by atoms with Gasteiger partial charge < -0.3 is 11.1 Å². The van der Waals surface area contributed by atoms with E-state index in [2.05, 4.69) is 5.32 Å². The molecule has 8 heteroatoms. The fraction of sp³-hybridized carbons (Fsp3) is 0.286. The number of imide groups is 1. The van der Waals surface area contributed by atoms with Gasteiger partial charge in [-0.3, -0.25) is 24.1 Å². The third kappa shape index (κ3) is 4.37. The fourth-order valence-corrected chi connectivity index (χ4v) is 5.62. The Hall–Kier alpha value is -3.65. The fourth-order valence-electron chi connectivity index (χ4n) is 5.04. The first-order chi connectivity index (χ1) is 17.2. The lowest BCUT2D eigenvalue weighted by molar-refractivity contribution is -0.132. The van der Waals surface area contributed by atoms with Crippen LogP contribution in [-0.2, 0) is 21.5 Å². The molecule has 0 saturated carbocycles. The summed E-state index contributed by atoms with van der Waals surface area (Å²) in [6, 6.07) is 12.1. The summed E-state index contributed by atoms with van der Waals surface area (Å²) in [5.74, 6) is -1.63. The number of allylic oxidation sites excluding steroid dienone is 2. The van der Waals surface area contributed by atoms with Crippen LogP contribution in [0.15, 0.2) is 66.8 Å². The van der Waals surface area contributed by atoms with Crippen molar-refractivity contribution in [2.75, 3.05) is 12.0 Å². The Kier molecular flexibility index (Phi) is 7.17. The predicted molar refractivity (Wildman–Crippen MR) is 140 cm³/mol. The molecule has 2 aliphatic rings. The molecular formula is C28H29N3O4S. The van der Waals surface area contributed by atoms with E-state index in [1.54, 1.807) is 72.5 Å². The largest absolute Gasteiger partial charge is 0.369 e. The lowest BCUT2D eigenvalue weighted by atomic mass is 9.65. The highest BCUT2D eigenvalue weighted by Crippen LogP contribution is 2.40. The third-order valence-electron chi connectivity index (χ3n) is 6.72. The minimum Gasteiger partial charge on any atom is -0.369 e. The number of primary amides is 1. The summed E-state index contributed by atoms with van der Waals surface area (Å²) in [6.45, 7) is 3.86. The standard InChI is InChI=1S/C28H29N3O4S/c1-17-14-19(15-31-25(33)20-8-4-5-9-21(20)26(31)34)11-12-22(17)28(27(29)35)13-7-6-10-23(28)24(32)30-18(2)16-36-3/h4-14,18,23H,15-16H2,1-3H3,(H2,29,35)(H,30,32)/t18-,23?,28?/m0/s1. The van der Waals surface area contributed by atoms with Crippen molar-refractivity contribution < 1.29 is 19.2 Å². The molecule has 2 aromatic rings. The van der Waals surface area contributed by atoms with Gasteiger partial charge in [0.05, 0.1) is 23.6 Å². The Morgan fingerprint density at radius 1 is 1.11 bits per heavy atom. The number of nitrogens with one attached hydrogen (secondary N) is 1. The zero-order valence-electron chi connectivity index (χ0n) is 20.5. The molecular weight excluding hydrogens is 474 g/mol. The van der Waals surface area contributed by atoms with Crippen LogP contribution in [0.25, 0.3) is 0 Å². The van der Waals surface area contributed by atoms with E-state index in [9.17, 15) is 19.2 Å². The summed E-state index contributed by atoms with van der Waals surface area (Å²) in [5.41, 5.74) is 7.47. The Morgan fingerprint density at radius 2 is 1.78 bits per heavy atom. The summed E-state index contributed by atoms with van der Waals surface area (Å²) < 4.78 is 0. The van der Waals surface area contributed by atoms with Crippen LogP contribution in [0.5, 0.6) is 0 Å². The molecule has 2 unspecified atom stereocenters. The number of hydrogen-bond donors (Lipinski definition) is 2. The van der Waals surface area contributed by atoms with E-state index in [4.69, 9.17) is 5.73 Å². The van der Waals surface area contributed by atoms with Crippen molar-refractivity contribution in [3.05, 3.63) is 94.6 Å². The smallest absolute Gasteiger partial charge is 0.261 e. The first-order valence-electron chi connectivity index (χ1n) is 11.7. The number of fused-ring (bicyclic) bond motifs is 1. The van der Waals surface area contributed by atoms with Gasteiger partial charge in [-0.1, -0.05) is 54.6 Å². The lowest BCUT2D eigenvalue weighted by Crippen LogP contribution is -2.53. The minimum absolute atomic E-state index is 0.0690. The Morgan fingerprint density at radius 3 is 2.36 bits per heavy atom. The summed E-state index contributed by atoms with van der Waals surface area (Å²) in [4.78, 5) is 53.0. The number of benzene rings is 2. The van der Waals surface area contributed by atoms with Gasteiger partial charge in [0.15, 0.2) is 0 Å². The lowest BCUT2D eigenvalue weighted by Gasteiger charge is -2.37. The number of carbonyl (C=O) groups is 4. The number of hydrogen-bond acceptors (Lipinski definition) is 5. The molecule has 4 amide bonds. The average molecular weight is 504 g/mol. The second-order valence-electron chi connectivity index (χ2n) is 9.21. The quantitative estimate of drug-likeness (QED) is 0.538. The van der Waals surface area contributed by atoms with E-state index in [0.717, 1.165) is 16.9 Å². The number of nitrogens with zero attached hydrogens (tertiary/aromatic N) is 1. The maximum atomic E-state index is 13.3. The van der Waals surface area contributed by atoms with Gasteiger partial charge in [0, 0.05) is 11.8 Å². The molecule has 7 nitrogen and oxygen atoms in total. The number of rotatable bonds is 8. The maximum absolute atomic E-state index is 13.3. The molecule has 0 aromatic heterocycles. The molecule has 36 heavy (non-hydrogen) atoms. The monoisotopic (exact) mass is 503 g/mol. The van der Waals surface area contributed by atoms with Gasteiger partial charge in [0.1, 0.15) is 5.41 Å². The van der Waals surface area contributed by atoms with Gasteiger partial charge in [0.25, 0.3) is 11.8 Å². The number of thioether (sulfide) groups is 1. The molecule has 0 spiro atoms. The van der Waals surface area contributed by atoms with Gasteiger partial charge in [-0.25, -0.2) is 0 Å². The van der Waals surface area contributed by atoms with Crippen LogP contribution in [0.3, 0.4) is 0 Å². The zero-order chi connectivity index (χ0) is 26.0. The van der Waals surface area contributed by atoms with Gasteiger partial charge in [-0.2, -0.15) is 11.8 Å².